The molecular formula is C15H16N4O2. The van der Waals surface area contributed by atoms with Crippen molar-refractivity contribution in [3.8, 4) is 0 Å². The zero-order valence-electron chi connectivity index (χ0n) is 11.8. The molecule has 0 bridgehead atoms. The number of rotatable bonds is 3. The molecule has 0 saturated carbocycles. The van der Waals surface area contributed by atoms with Crippen LogP contribution in [0.2, 0.25) is 0 Å². The van der Waals surface area contributed by atoms with E-state index in [2.05, 4.69) is 10.3 Å². The van der Waals surface area contributed by atoms with Gasteiger partial charge in [-0.2, -0.15) is 0 Å². The highest BCUT2D eigenvalue weighted by Crippen LogP contribution is 2.22. The van der Waals surface area contributed by atoms with Crippen LogP contribution < -0.4 is 11.1 Å². The molecule has 0 aliphatic carbocycles. The Bertz CT molecular complexity index is 711. The van der Waals surface area contributed by atoms with Crippen LogP contribution in [-0.2, 0) is 0 Å². The first-order valence-corrected chi connectivity index (χ1v) is 6.39. The van der Waals surface area contributed by atoms with Crippen LogP contribution in [0.25, 0.3) is 0 Å². The number of aliphatic imine (C=N–C) groups is 1. The van der Waals surface area contributed by atoms with E-state index < -0.39 is 4.92 Å². The van der Waals surface area contributed by atoms with E-state index in [1.165, 1.54) is 12.1 Å². The molecule has 2 rings (SSSR count). The van der Waals surface area contributed by atoms with Crippen LogP contribution in [0.1, 0.15) is 11.1 Å². The molecule has 0 aromatic heterocycles. The van der Waals surface area contributed by atoms with Gasteiger partial charge in [0, 0.05) is 12.1 Å². The van der Waals surface area contributed by atoms with Crippen LogP contribution in [0, 0.1) is 24.0 Å². The number of benzene rings is 2. The highest BCUT2D eigenvalue weighted by Gasteiger charge is 2.09. The van der Waals surface area contributed by atoms with E-state index in [0.29, 0.717) is 5.69 Å². The van der Waals surface area contributed by atoms with Crippen molar-refractivity contribution in [2.24, 2.45) is 10.7 Å². The van der Waals surface area contributed by atoms with Crippen LogP contribution >= 0.6 is 0 Å². The number of hydrogen-bond acceptors (Lipinski definition) is 3. The lowest BCUT2D eigenvalue weighted by Crippen LogP contribution is -2.22. The topological polar surface area (TPSA) is 93.5 Å². The summed E-state index contributed by atoms with van der Waals surface area (Å²) in [4.78, 5) is 14.6. The van der Waals surface area contributed by atoms with Gasteiger partial charge in [0.1, 0.15) is 0 Å². The third-order valence-corrected chi connectivity index (χ3v) is 3.05. The number of hydrogen-bond donors (Lipinski definition) is 2. The van der Waals surface area contributed by atoms with Gasteiger partial charge in [-0.3, -0.25) is 10.1 Å². The first-order chi connectivity index (χ1) is 9.97. The number of nitro benzene ring substituents is 1. The molecule has 108 valence electrons. The third kappa shape index (κ3) is 3.56. The minimum atomic E-state index is -0.445. The Kier molecular flexibility index (Phi) is 4.18. The number of nitro groups is 1. The molecule has 6 heteroatoms. The quantitative estimate of drug-likeness (QED) is 0.391. The fraction of sp³-hybridized carbons (Fsp3) is 0.133. The molecule has 0 amide bonds. The maximum absolute atomic E-state index is 10.8. The number of para-hydroxylation sites is 1. The summed E-state index contributed by atoms with van der Waals surface area (Å²) in [6.07, 6.45) is 0. The van der Waals surface area contributed by atoms with Crippen LogP contribution in [-0.4, -0.2) is 10.9 Å². The Morgan fingerprint density at radius 1 is 1.19 bits per heavy atom. The summed E-state index contributed by atoms with van der Waals surface area (Å²) >= 11 is 0. The molecule has 3 N–H and O–H groups in total. The highest BCUT2D eigenvalue weighted by atomic mass is 16.6. The van der Waals surface area contributed by atoms with E-state index in [-0.39, 0.29) is 11.6 Å². The van der Waals surface area contributed by atoms with Crippen molar-refractivity contribution in [1.29, 1.82) is 0 Å². The van der Waals surface area contributed by atoms with Crippen molar-refractivity contribution in [1.82, 2.24) is 0 Å². The number of guanidine groups is 1. The predicted molar refractivity (Wildman–Crippen MR) is 83.9 cm³/mol. The summed E-state index contributed by atoms with van der Waals surface area (Å²) in [5, 5.41) is 13.7. The first-order valence-electron chi connectivity index (χ1n) is 6.39. The van der Waals surface area contributed by atoms with E-state index in [0.717, 1.165) is 16.8 Å². The van der Waals surface area contributed by atoms with Gasteiger partial charge in [-0.15, -0.1) is 0 Å². The Morgan fingerprint density at radius 3 is 2.57 bits per heavy atom. The van der Waals surface area contributed by atoms with E-state index in [1.54, 1.807) is 6.07 Å². The standard InChI is InChI=1S/C15H16N4O2/c1-10-5-3-4-6-13(10)17-15(16)18-14-9-12(19(20)21)8-7-11(14)2/h3-9H,1-2H3,(H3,16,17,18). The van der Waals surface area contributed by atoms with E-state index in [4.69, 9.17) is 5.73 Å². The predicted octanol–water partition coefficient (Wildman–Crippen LogP) is 3.27. The second kappa shape index (κ2) is 6.04. The lowest BCUT2D eigenvalue weighted by atomic mass is 10.2. The number of nitrogens with two attached hydrogens (primary N) is 1. The van der Waals surface area contributed by atoms with Crippen LogP contribution in [0.4, 0.5) is 17.1 Å². The number of nitrogens with zero attached hydrogens (tertiary/aromatic N) is 2. The number of non-ortho nitro benzene ring substituents is 1. The zero-order valence-corrected chi connectivity index (χ0v) is 11.8. The van der Waals surface area contributed by atoms with E-state index in [9.17, 15) is 10.1 Å². The Morgan fingerprint density at radius 2 is 1.90 bits per heavy atom. The molecule has 0 radical (unpaired) electrons. The molecule has 0 aliphatic rings. The molecular weight excluding hydrogens is 268 g/mol. The fourth-order valence-corrected chi connectivity index (χ4v) is 1.84. The van der Waals surface area contributed by atoms with Gasteiger partial charge in [-0.25, -0.2) is 4.99 Å². The molecule has 0 spiro atoms. The summed E-state index contributed by atoms with van der Waals surface area (Å²) in [5.74, 6) is 0.188. The van der Waals surface area contributed by atoms with Gasteiger partial charge in [0.2, 0.25) is 0 Å². The number of nitrogens with one attached hydrogen (secondary N) is 1. The molecule has 2 aromatic rings. The lowest BCUT2D eigenvalue weighted by molar-refractivity contribution is -0.384. The molecule has 2 aromatic carbocycles. The SMILES string of the molecule is Cc1ccccc1N=C(N)Nc1cc([N+](=O)[O-])ccc1C. The van der Waals surface area contributed by atoms with Crippen molar-refractivity contribution in [3.05, 3.63) is 63.7 Å². The zero-order chi connectivity index (χ0) is 15.4. The number of anilines is 1. The molecule has 0 saturated heterocycles. The Balaban J connectivity index is 2.27. The number of aryl methyl sites for hydroxylation is 2. The molecule has 0 aliphatic heterocycles. The van der Waals surface area contributed by atoms with Crippen molar-refractivity contribution >= 4 is 23.0 Å². The van der Waals surface area contributed by atoms with Crippen LogP contribution in [0.5, 0.6) is 0 Å². The monoisotopic (exact) mass is 284 g/mol. The molecule has 0 unspecified atom stereocenters. The molecule has 0 fully saturated rings. The van der Waals surface area contributed by atoms with Crippen molar-refractivity contribution in [3.63, 3.8) is 0 Å². The Labute approximate surface area is 122 Å². The smallest absolute Gasteiger partial charge is 0.271 e. The van der Waals surface area contributed by atoms with Crippen LogP contribution in [0.3, 0.4) is 0 Å². The average molecular weight is 284 g/mol. The lowest BCUT2D eigenvalue weighted by Gasteiger charge is -2.09. The third-order valence-electron chi connectivity index (χ3n) is 3.05. The second-order valence-corrected chi connectivity index (χ2v) is 4.66. The molecule has 0 heterocycles. The fourth-order valence-electron chi connectivity index (χ4n) is 1.84. The second-order valence-electron chi connectivity index (χ2n) is 4.66. The van der Waals surface area contributed by atoms with Gasteiger partial charge in [-0.05, 0) is 31.0 Å². The van der Waals surface area contributed by atoms with Gasteiger partial charge in [0.25, 0.3) is 5.69 Å². The molecule has 0 atom stereocenters. The maximum atomic E-state index is 10.8. The Hall–Kier alpha value is -2.89. The van der Waals surface area contributed by atoms with Gasteiger partial charge in [0.15, 0.2) is 5.96 Å². The maximum Gasteiger partial charge on any atom is 0.271 e. The summed E-state index contributed by atoms with van der Waals surface area (Å²) < 4.78 is 0. The summed E-state index contributed by atoms with van der Waals surface area (Å²) in [6, 6.07) is 12.1. The minimum absolute atomic E-state index is 0.00629. The van der Waals surface area contributed by atoms with Gasteiger partial charge < -0.3 is 11.1 Å². The minimum Gasteiger partial charge on any atom is -0.369 e. The van der Waals surface area contributed by atoms with Gasteiger partial charge in [0.05, 0.1) is 16.3 Å². The summed E-state index contributed by atoms with van der Waals surface area (Å²) in [6.45, 7) is 3.78. The largest absolute Gasteiger partial charge is 0.369 e. The first kappa shape index (κ1) is 14.5. The van der Waals surface area contributed by atoms with Crippen LogP contribution in [0.15, 0.2) is 47.5 Å². The van der Waals surface area contributed by atoms with E-state index in [1.807, 2.05) is 38.1 Å². The molecule has 6 nitrogen and oxygen atoms in total. The summed E-state index contributed by atoms with van der Waals surface area (Å²) in [7, 11) is 0. The van der Waals surface area contributed by atoms with Crippen molar-refractivity contribution in [2.45, 2.75) is 13.8 Å². The van der Waals surface area contributed by atoms with E-state index >= 15 is 0 Å². The van der Waals surface area contributed by atoms with Crippen molar-refractivity contribution in [2.75, 3.05) is 5.32 Å². The van der Waals surface area contributed by atoms with Crippen molar-refractivity contribution < 1.29 is 4.92 Å². The summed E-state index contributed by atoms with van der Waals surface area (Å²) in [5.41, 5.74) is 9.05. The van der Waals surface area contributed by atoms with Gasteiger partial charge in [-0.1, -0.05) is 24.3 Å². The highest BCUT2D eigenvalue weighted by molar-refractivity contribution is 5.95. The molecule has 21 heavy (non-hydrogen) atoms. The van der Waals surface area contributed by atoms with Gasteiger partial charge >= 0.3 is 0 Å². The average Bonchev–Trinajstić information content (AvgIpc) is 2.43. The normalized spacial score (nSPS) is 11.2.